The molecule has 6 heteroatoms. The van der Waals surface area contributed by atoms with Crippen LogP contribution in [0.3, 0.4) is 0 Å². The van der Waals surface area contributed by atoms with Crippen LogP contribution in [0.25, 0.3) is 0 Å². The fraction of sp³-hybridized carbons (Fsp3) is 0.500. The minimum absolute atomic E-state index is 0.169. The number of ether oxygens (including phenoxy) is 1. The summed E-state index contributed by atoms with van der Waals surface area (Å²) >= 11 is 0. The molecule has 1 rings (SSSR count). The van der Waals surface area contributed by atoms with Crippen molar-refractivity contribution in [2.24, 2.45) is 11.6 Å². The first kappa shape index (κ1) is 14.4. The smallest absolute Gasteiger partial charge is 0.424 e. The van der Waals surface area contributed by atoms with Crippen molar-refractivity contribution in [1.29, 1.82) is 0 Å². The molecular weight excluding hydrogens is 232 g/mol. The lowest BCUT2D eigenvalue weighted by molar-refractivity contribution is 0.0229. The predicted octanol–water partition coefficient (Wildman–Crippen LogP) is 1.15. The summed E-state index contributed by atoms with van der Waals surface area (Å²) in [4.78, 5) is 15.8. The van der Waals surface area contributed by atoms with Crippen molar-refractivity contribution in [1.82, 2.24) is 9.99 Å². The number of hydrazine groups is 1. The number of rotatable bonds is 3. The van der Waals surface area contributed by atoms with Crippen LogP contribution in [0.5, 0.6) is 0 Å². The number of carbonyl (C=O) groups excluding carboxylic acids is 1. The average molecular weight is 252 g/mol. The quantitative estimate of drug-likeness (QED) is 0.478. The summed E-state index contributed by atoms with van der Waals surface area (Å²) in [5.74, 6) is 5.66. The van der Waals surface area contributed by atoms with E-state index in [-0.39, 0.29) is 6.54 Å². The molecular formula is C12H20N4O2. The Hall–Kier alpha value is -1.66. The van der Waals surface area contributed by atoms with Crippen molar-refractivity contribution in [2.45, 2.75) is 39.5 Å². The predicted molar refractivity (Wildman–Crippen MR) is 68.1 cm³/mol. The second-order valence-corrected chi connectivity index (χ2v) is 4.92. The van der Waals surface area contributed by atoms with E-state index in [0.29, 0.717) is 12.2 Å². The Bertz CT molecular complexity index is 415. The average Bonchev–Trinajstić information content (AvgIpc) is 2.27. The van der Waals surface area contributed by atoms with Crippen LogP contribution in [0.1, 0.15) is 32.0 Å². The van der Waals surface area contributed by atoms with Crippen LogP contribution >= 0.6 is 0 Å². The normalized spacial score (nSPS) is 11.2. The summed E-state index contributed by atoms with van der Waals surface area (Å²) in [7, 11) is 0. The molecule has 0 saturated heterocycles. The van der Waals surface area contributed by atoms with Crippen LogP contribution in [-0.2, 0) is 17.8 Å². The lowest BCUT2D eigenvalue weighted by atomic mass is 10.2. The third-order valence-corrected chi connectivity index (χ3v) is 2.15. The zero-order valence-corrected chi connectivity index (χ0v) is 11.0. The Balaban J connectivity index is 2.69. The molecule has 0 aliphatic carbocycles. The number of aromatic nitrogens is 1. The molecule has 0 bridgehead atoms. The minimum atomic E-state index is -0.587. The zero-order valence-electron chi connectivity index (χ0n) is 11.0. The molecule has 1 aromatic heterocycles. The largest absolute Gasteiger partial charge is 0.443 e. The second-order valence-electron chi connectivity index (χ2n) is 4.92. The highest BCUT2D eigenvalue weighted by Gasteiger charge is 2.21. The summed E-state index contributed by atoms with van der Waals surface area (Å²) in [5, 5.41) is 0.993. The molecule has 0 aromatic carbocycles. The van der Waals surface area contributed by atoms with Gasteiger partial charge in [-0.15, -0.1) is 0 Å². The van der Waals surface area contributed by atoms with Gasteiger partial charge in [-0.2, -0.15) is 0 Å². The SMILES string of the molecule is CC(C)(C)OC(=O)N(N)Cc1ncccc1CN. The van der Waals surface area contributed by atoms with Gasteiger partial charge in [-0.3, -0.25) is 4.98 Å². The molecule has 0 unspecified atom stereocenters. The fourth-order valence-electron chi connectivity index (χ4n) is 1.35. The Morgan fingerprint density at radius 3 is 2.72 bits per heavy atom. The van der Waals surface area contributed by atoms with Crippen molar-refractivity contribution in [3.8, 4) is 0 Å². The van der Waals surface area contributed by atoms with Gasteiger partial charge in [-0.1, -0.05) is 6.07 Å². The van der Waals surface area contributed by atoms with Crippen molar-refractivity contribution < 1.29 is 9.53 Å². The van der Waals surface area contributed by atoms with E-state index < -0.39 is 11.7 Å². The van der Waals surface area contributed by atoms with E-state index in [2.05, 4.69) is 4.98 Å². The van der Waals surface area contributed by atoms with Crippen LogP contribution in [-0.4, -0.2) is 21.7 Å². The monoisotopic (exact) mass is 252 g/mol. The van der Waals surface area contributed by atoms with Crippen LogP contribution in [0.4, 0.5) is 4.79 Å². The first-order valence-electron chi connectivity index (χ1n) is 5.71. The van der Waals surface area contributed by atoms with E-state index in [9.17, 15) is 4.79 Å². The molecule has 100 valence electrons. The molecule has 0 atom stereocenters. The molecule has 0 fully saturated rings. The molecule has 4 N–H and O–H groups in total. The molecule has 1 amide bonds. The van der Waals surface area contributed by atoms with Gasteiger partial charge >= 0.3 is 6.09 Å². The van der Waals surface area contributed by atoms with Gasteiger partial charge in [-0.05, 0) is 32.4 Å². The van der Waals surface area contributed by atoms with Gasteiger partial charge in [0.2, 0.25) is 0 Å². The van der Waals surface area contributed by atoms with Gasteiger partial charge in [-0.25, -0.2) is 15.6 Å². The van der Waals surface area contributed by atoms with E-state index >= 15 is 0 Å². The van der Waals surface area contributed by atoms with E-state index in [1.165, 1.54) is 0 Å². The van der Waals surface area contributed by atoms with E-state index in [1.54, 1.807) is 33.0 Å². The molecule has 1 heterocycles. The van der Waals surface area contributed by atoms with Crippen LogP contribution in [0.15, 0.2) is 18.3 Å². The molecule has 18 heavy (non-hydrogen) atoms. The van der Waals surface area contributed by atoms with Gasteiger partial charge < -0.3 is 10.5 Å². The summed E-state index contributed by atoms with van der Waals surface area (Å²) in [6.45, 7) is 5.87. The van der Waals surface area contributed by atoms with Gasteiger partial charge in [0.15, 0.2) is 0 Å². The maximum atomic E-state index is 11.7. The maximum absolute atomic E-state index is 11.7. The van der Waals surface area contributed by atoms with E-state index in [1.807, 2.05) is 6.07 Å². The highest BCUT2D eigenvalue weighted by atomic mass is 16.6. The first-order chi connectivity index (χ1) is 8.33. The molecule has 6 nitrogen and oxygen atoms in total. The van der Waals surface area contributed by atoms with Crippen LogP contribution in [0, 0.1) is 0 Å². The Morgan fingerprint density at radius 1 is 1.50 bits per heavy atom. The van der Waals surface area contributed by atoms with Crippen molar-refractivity contribution in [3.05, 3.63) is 29.6 Å². The number of amides is 1. The minimum Gasteiger partial charge on any atom is -0.443 e. The molecule has 1 aromatic rings. The topological polar surface area (TPSA) is 94.5 Å². The zero-order chi connectivity index (χ0) is 13.8. The molecule has 0 spiro atoms. The summed E-state index contributed by atoms with van der Waals surface area (Å²) < 4.78 is 5.15. The van der Waals surface area contributed by atoms with Gasteiger partial charge in [0.25, 0.3) is 0 Å². The Morgan fingerprint density at radius 2 is 2.17 bits per heavy atom. The van der Waals surface area contributed by atoms with Gasteiger partial charge in [0.05, 0.1) is 12.2 Å². The number of nitrogens with two attached hydrogens (primary N) is 2. The highest BCUT2D eigenvalue weighted by molar-refractivity contribution is 5.67. The molecule has 0 saturated carbocycles. The first-order valence-corrected chi connectivity index (χ1v) is 5.71. The number of pyridine rings is 1. The second kappa shape index (κ2) is 5.79. The lowest BCUT2D eigenvalue weighted by Gasteiger charge is -2.24. The van der Waals surface area contributed by atoms with Crippen LogP contribution in [0.2, 0.25) is 0 Å². The third-order valence-electron chi connectivity index (χ3n) is 2.15. The molecule has 0 aliphatic rings. The Labute approximate surface area is 107 Å². The van der Waals surface area contributed by atoms with Gasteiger partial charge in [0, 0.05) is 12.7 Å². The van der Waals surface area contributed by atoms with Crippen molar-refractivity contribution in [2.75, 3.05) is 0 Å². The number of carbonyl (C=O) groups is 1. The van der Waals surface area contributed by atoms with Crippen LogP contribution < -0.4 is 11.6 Å². The van der Waals surface area contributed by atoms with Crippen molar-refractivity contribution >= 4 is 6.09 Å². The maximum Gasteiger partial charge on any atom is 0.424 e. The third kappa shape index (κ3) is 4.31. The number of hydrogen-bond donors (Lipinski definition) is 2. The Kier molecular flexibility index (Phi) is 4.63. The molecule has 0 aliphatic heterocycles. The summed E-state index contributed by atoms with van der Waals surface area (Å²) in [6.07, 6.45) is 1.05. The van der Waals surface area contributed by atoms with Crippen molar-refractivity contribution in [3.63, 3.8) is 0 Å². The van der Waals surface area contributed by atoms with Gasteiger partial charge in [0.1, 0.15) is 5.60 Å². The lowest BCUT2D eigenvalue weighted by Crippen LogP contribution is -2.41. The summed E-state index contributed by atoms with van der Waals surface area (Å²) in [6, 6.07) is 3.64. The molecule has 0 radical (unpaired) electrons. The fourth-order valence-corrected chi connectivity index (χ4v) is 1.35. The number of hydrogen-bond acceptors (Lipinski definition) is 5. The van der Waals surface area contributed by atoms with E-state index in [0.717, 1.165) is 10.6 Å². The standard InChI is InChI=1S/C12H20N4O2/c1-12(2,3)18-11(17)16(14)8-10-9(7-13)5-4-6-15-10/h4-6H,7-8,13-14H2,1-3H3. The summed E-state index contributed by atoms with van der Waals surface area (Å²) in [5.41, 5.74) is 6.55. The highest BCUT2D eigenvalue weighted by Crippen LogP contribution is 2.11. The number of nitrogens with zero attached hydrogens (tertiary/aromatic N) is 2. The van der Waals surface area contributed by atoms with E-state index in [4.69, 9.17) is 16.3 Å².